The smallest absolute Gasteiger partial charge is 0.222 e. The summed E-state index contributed by atoms with van der Waals surface area (Å²) in [6, 6.07) is 4.49. The molecule has 108 valence electrons. The van der Waals surface area contributed by atoms with Crippen LogP contribution in [-0.4, -0.2) is 29.9 Å². The summed E-state index contributed by atoms with van der Waals surface area (Å²) >= 11 is 1.77. The lowest BCUT2D eigenvalue weighted by molar-refractivity contribution is -0.134. The average Bonchev–Trinajstić information content (AvgIpc) is 2.91. The third-order valence-electron chi connectivity index (χ3n) is 3.61. The lowest BCUT2D eigenvalue weighted by Gasteiger charge is -2.35. The molecule has 2 rings (SSSR count). The van der Waals surface area contributed by atoms with Crippen LogP contribution in [0, 0.1) is 0 Å². The maximum atomic E-state index is 12.2. The number of nitrogens with zero attached hydrogens (tertiary/aromatic N) is 1. The van der Waals surface area contributed by atoms with E-state index in [2.05, 4.69) is 17.5 Å². The first-order valence-electron chi connectivity index (χ1n) is 6.83. The molecule has 5 heteroatoms. The summed E-state index contributed by atoms with van der Waals surface area (Å²) in [5, 5.41) is 2.09. The molecule has 1 aliphatic heterocycles. The average molecular weight is 303 g/mol. The molecule has 1 atom stereocenters. The molecular formula is C14H23ClN2OS. The molecular weight excluding hydrogens is 280 g/mol. The predicted molar refractivity (Wildman–Crippen MR) is 82.9 cm³/mol. The highest BCUT2D eigenvalue weighted by Gasteiger charge is 2.24. The topological polar surface area (TPSA) is 46.3 Å². The minimum absolute atomic E-state index is 0. The van der Waals surface area contributed by atoms with Gasteiger partial charge in [-0.05, 0) is 43.6 Å². The van der Waals surface area contributed by atoms with Crippen molar-refractivity contribution in [3.8, 4) is 0 Å². The number of carbonyl (C=O) groups is 1. The number of halogens is 1. The van der Waals surface area contributed by atoms with Gasteiger partial charge in [-0.3, -0.25) is 4.79 Å². The first-order chi connectivity index (χ1) is 8.81. The number of piperidine rings is 1. The number of rotatable bonds is 5. The van der Waals surface area contributed by atoms with Crippen molar-refractivity contribution >= 4 is 29.7 Å². The molecule has 1 aromatic rings. The van der Waals surface area contributed by atoms with Gasteiger partial charge in [-0.1, -0.05) is 6.07 Å². The molecule has 19 heavy (non-hydrogen) atoms. The Labute approximate surface area is 125 Å². The van der Waals surface area contributed by atoms with Crippen LogP contribution in [0.3, 0.4) is 0 Å². The van der Waals surface area contributed by atoms with E-state index in [0.29, 0.717) is 18.9 Å². The molecule has 1 amide bonds. The van der Waals surface area contributed by atoms with Crippen molar-refractivity contribution in [1.29, 1.82) is 0 Å². The van der Waals surface area contributed by atoms with Gasteiger partial charge < -0.3 is 10.6 Å². The number of hydrogen-bond donors (Lipinski definition) is 1. The fourth-order valence-corrected chi connectivity index (χ4v) is 3.34. The van der Waals surface area contributed by atoms with Crippen LogP contribution in [0.25, 0.3) is 0 Å². The quantitative estimate of drug-likeness (QED) is 0.909. The number of amides is 1. The summed E-state index contributed by atoms with van der Waals surface area (Å²) in [5.74, 6) is 0.293. The standard InChI is InChI=1S/C14H22N2OS.ClH/c15-11-12-5-1-2-9-16(12)14(17)8-3-6-13-7-4-10-18-13;/h4,7,10,12H,1-3,5-6,8-9,11,15H2;1H. The monoisotopic (exact) mass is 302 g/mol. The highest BCUT2D eigenvalue weighted by Crippen LogP contribution is 2.18. The van der Waals surface area contributed by atoms with E-state index in [0.717, 1.165) is 32.2 Å². The Morgan fingerprint density at radius 2 is 2.32 bits per heavy atom. The normalized spacial score (nSPS) is 19.0. The first kappa shape index (κ1) is 16.5. The zero-order valence-electron chi connectivity index (χ0n) is 11.2. The second-order valence-corrected chi connectivity index (χ2v) is 5.94. The lowest BCUT2D eigenvalue weighted by atomic mass is 10.0. The summed E-state index contributed by atoms with van der Waals surface area (Å²) in [7, 11) is 0. The van der Waals surface area contributed by atoms with Crippen molar-refractivity contribution in [2.75, 3.05) is 13.1 Å². The van der Waals surface area contributed by atoms with Crippen molar-refractivity contribution in [2.24, 2.45) is 5.73 Å². The molecule has 0 aliphatic carbocycles. The van der Waals surface area contributed by atoms with Crippen LogP contribution in [-0.2, 0) is 11.2 Å². The minimum atomic E-state index is 0. The van der Waals surface area contributed by atoms with E-state index >= 15 is 0 Å². The van der Waals surface area contributed by atoms with E-state index in [1.165, 1.54) is 11.3 Å². The van der Waals surface area contributed by atoms with E-state index in [4.69, 9.17) is 5.73 Å². The Hall–Kier alpha value is -0.580. The van der Waals surface area contributed by atoms with Crippen molar-refractivity contribution in [3.05, 3.63) is 22.4 Å². The molecule has 1 aliphatic rings. The molecule has 0 saturated carbocycles. The lowest BCUT2D eigenvalue weighted by Crippen LogP contribution is -2.47. The zero-order chi connectivity index (χ0) is 12.8. The van der Waals surface area contributed by atoms with E-state index in [-0.39, 0.29) is 18.4 Å². The molecule has 0 spiro atoms. The van der Waals surface area contributed by atoms with Crippen LogP contribution in [0.1, 0.15) is 37.0 Å². The van der Waals surface area contributed by atoms with Crippen molar-refractivity contribution in [2.45, 2.75) is 44.6 Å². The maximum absolute atomic E-state index is 12.2. The number of hydrogen-bond acceptors (Lipinski definition) is 3. The first-order valence-corrected chi connectivity index (χ1v) is 7.71. The third-order valence-corrected chi connectivity index (χ3v) is 4.55. The van der Waals surface area contributed by atoms with Crippen molar-refractivity contribution < 1.29 is 4.79 Å². The van der Waals surface area contributed by atoms with Crippen LogP contribution >= 0.6 is 23.7 Å². The molecule has 0 radical (unpaired) electrons. The molecule has 1 aromatic heterocycles. The third kappa shape index (κ3) is 4.79. The van der Waals surface area contributed by atoms with E-state index in [9.17, 15) is 4.79 Å². The fourth-order valence-electron chi connectivity index (χ4n) is 2.59. The van der Waals surface area contributed by atoms with Gasteiger partial charge in [0.2, 0.25) is 5.91 Å². The van der Waals surface area contributed by atoms with Gasteiger partial charge in [0.05, 0.1) is 0 Å². The molecule has 0 aromatic carbocycles. The van der Waals surface area contributed by atoms with Crippen LogP contribution < -0.4 is 5.73 Å². The summed E-state index contributed by atoms with van der Waals surface area (Å²) in [4.78, 5) is 15.6. The van der Waals surface area contributed by atoms with Gasteiger partial charge in [-0.25, -0.2) is 0 Å². The number of carbonyl (C=O) groups excluding carboxylic acids is 1. The predicted octanol–water partition coefficient (Wildman–Crippen LogP) is 2.83. The summed E-state index contributed by atoms with van der Waals surface area (Å²) < 4.78 is 0. The number of thiophene rings is 1. The molecule has 0 bridgehead atoms. The van der Waals surface area contributed by atoms with Gasteiger partial charge >= 0.3 is 0 Å². The number of aryl methyl sites for hydroxylation is 1. The van der Waals surface area contributed by atoms with Crippen LogP contribution in [0.4, 0.5) is 0 Å². The van der Waals surface area contributed by atoms with Crippen LogP contribution in [0.2, 0.25) is 0 Å². The highest BCUT2D eigenvalue weighted by molar-refractivity contribution is 7.09. The zero-order valence-corrected chi connectivity index (χ0v) is 12.8. The van der Waals surface area contributed by atoms with Crippen molar-refractivity contribution in [3.63, 3.8) is 0 Å². The van der Waals surface area contributed by atoms with Crippen LogP contribution in [0.15, 0.2) is 17.5 Å². The number of likely N-dealkylation sites (tertiary alicyclic amines) is 1. The highest BCUT2D eigenvalue weighted by atomic mass is 35.5. The SMILES string of the molecule is Cl.NCC1CCCCN1C(=O)CCCc1cccs1. The Kier molecular flexibility index (Phi) is 7.42. The fraction of sp³-hybridized carbons (Fsp3) is 0.643. The second kappa shape index (κ2) is 8.56. The molecule has 1 unspecified atom stereocenters. The van der Waals surface area contributed by atoms with E-state index in [1.54, 1.807) is 11.3 Å². The molecule has 1 saturated heterocycles. The van der Waals surface area contributed by atoms with E-state index in [1.807, 2.05) is 4.90 Å². The minimum Gasteiger partial charge on any atom is -0.338 e. The number of nitrogens with two attached hydrogens (primary N) is 1. The molecule has 2 heterocycles. The van der Waals surface area contributed by atoms with Gasteiger partial charge in [0.25, 0.3) is 0 Å². The summed E-state index contributed by atoms with van der Waals surface area (Å²) in [6.07, 6.45) is 6.05. The van der Waals surface area contributed by atoms with Gasteiger partial charge in [0.1, 0.15) is 0 Å². The Balaban J connectivity index is 0.00000180. The molecule has 1 fully saturated rings. The van der Waals surface area contributed by atoms with Gasteiger partial charge in [0.15, 0.2) is 0 Å². The van der Waals surface area contributed by atoms with E-state index < -0.39 is 0 Å². The van der Waals surface area contributed by atoms with Gasteiger partial charge in [-0.15, -0.1) is 23.7 Å². The summed E-state index contributed by atoms with van der Waals surface area (Å²) in [5.41, 5.74) is 5.75. The van der Waals surface area contributed by atoms with Crippen LogP contribution in [0.5, 0.6) is 0 Å². The maximum Gasteiger partial charge on any atom is 0.222 e. The largest absolute Gasteiger partial charge is 0.338 e. The molecule has 2 N–H and O–H groups in total. The second-order valence-electron chi connectivity index (χ2n) is 4.91. The Bertz CT molecular complexity index is 370. The Morgan fingerprint density at radius 3 is 3.00 bits per heavy atom. The molecule has 3 nitrogen and oxygen atoms in total. The van der Waals surface area contributed by atoms with Gasteiger partial charge in [-0.2, -0.15) is 0 Å². The van der Waals surface area contributed by atoms with Crippen molar-refractivity contribution in [1.82, 2.24) is 4.90 Å². The summed E-state index contributed by atoms with van der Waals surface area (Å²) in [6.45, 7) is 1.51. The van der Waals surface area contributed by atoms with Gasteiger partial charge in [0, 0.05) is 30.4 Å². The Morgan fingerprint density at radius 1 is 1.47 bits per heavy atom.